The van der Waals surface area contributed by atoms with Gasteiger partial charge in [-0.25, -0.2) is 4.98 Å². The second kappa shape index (κ2) is 9.74. The van der Waals surface area contributed by atoms with Crippen molar-refractivity contribution in [3.63, 3.8) is 0 Å². The van der Waals surface area contributed by atoms with Crippen molar-refractivity contribution in [1.29, 1.82) is 0 Å². The van der Waals surface area contributed by atoms with Crippen LogP contribution in [0.3, 0.4) is 0 Å². The summed E-state index contributed by atoms with van der Waals surface area (Å²) in [7, 11) is 0. The Labute approximate surface area is 114 Å². The van der Waals surface area contributed by atoms with E-state index in [1.165, 1.54) is 0 Å². The molecule has 100 valence electrons. The normalized spacial score (nSPS) is 8.78. The molecule has 2 heterocycles. The third kappa shape index (κ3) is 4.94. The van der Waals surface area contributed by atoms with Gasteiger partial charge >= 0.3 is 0 Å². The molecule has 18 heavy (non-hydrogen) atoms. The number of aliphatic hydroxyl groups is 1. The lowest BCUT2D eigenvalue weighted by Gasteiger charge is -1.97. The lowest BCUT2D eigenvalue weighted by atomic mass is 10.2. The Morgan fingerprint density at radius 3 is 2.22 bits per heavy atom. The summed E-state index contributed by atoms with van der Waals surface area (Å²) < 4.78 is 0. The molecule has 0 amide bonds. The van der Waals surface area contributed by atoms with Gasteiger partial charge in [0.1, 0.15) is 0 Å². The van der Waals surface area contributed by atoms with Gasteiger partial charge in [0.2, 0.25) is 0 Å². The van der Waals surface area contributed by atoms with Crippen LogP contribution in [0.4, 0.5) is 0 Å². The van der Waals surface area contributed by atoms with Crippen LogP contribution >= 0.6 is 11.3 Å². The maximum atomic E-state index is 8.83. The zero-order valence-corrected chi connectivity index (χ0v) is 12.6. The molecular formula is C14H22N2OS. The van der Waals surface area contributed by atoms with Gasteiger partial charge in [0, 0.05) is 17.1 Å². The number of rotatable bonds is 2. The summed E-state index contributed by atoms with van der Waals surface area (Å²) in [4.78, 5) is 8.45. The maximum absolute atomic E-state index is 8.83. The van der Waals surface area contributed by atoms with Gasteiger partial charge in [0.05, 0.1) is 23.0 Å². The fourth-order valence-electron chi connectivity index (χ4n) is 1.17. The summed E-state index contributed by atoms with van der Waals surface area (Å²) in [5, 5.41) is 11.9. The van der Waals surface area contributed by atoms with Crippen molar-refractivity contribution >= 4 is 11.3 Å². The van der Waals surface area contributed by atoms with Gasteiger partial charge in [-0.1, -0.05) is 27.7 Å². The molecule has 0 saturated carbocycles. The Morgan fingerprint density at radius 1 is 1.17 bits per heavy atom. The minimum Gasteiger partial charge on any atom is -0.390 e. The van der Waals surface area contributed by atoms with Crippen molar-refractivity contribution in [2.75, 3.05) is 0 Å². The minimum absolute atomic E-state index is 0.0175. The Hall–Kier alpha value is -1.26. The molecule has 3 nitrogen and oxygen atoms in total. The summed E-state index contributed by atoms with van der Waals surface area (Å²) in [5.41, 5.74) is 2.62. The van der Waals surface area contributed by atoms with Crippen molar-refractivity contribution in [3.05, 3.63) is 34.4 Å². The first-order valence-electron chi connectivity index (χ1n) is 6.28. The van der Waals surface area contributed by atoms with E-state index in [1.54, 1.807) is 17.5 Å². The second-order valence-electron chi connectivity index (χ2n) is 2.95. The third-order valence-electron chi connectivity index (χ3n) is 1.90. The number of hydrogen-bond donors (Lipinski definition) is 1. The third-order valence-corrected chi connectivity index (χ3v) is 2.68. The van der Waals surface area contributed by atoms with Crippen molar-refractivity contribution < 1.29 is 5.11 Å². The summed E-state index contributed by atoms with van der Waals surface area (Å²) in [6.07, 6.45) is 1.74. The molecule has 0 saturated heterocycles. The smallest absolute Gasteiger partial charge is 0.0901 e. The molecule has 2 aromatic heterocycles. The van der Waals surface area contributed by atoms with Crippen LogP contribution in [0.15, 0.2) is 23.7 Å². The SMILES string of the molecule is CC.CC.Cc1nc(-c2ccc(CO)nc2)cs1. The van der Waals surface area contributed by atoms with E-state index in [0.717, 1.165) is 16.3 Å². The van der Waals surface area contributed by atoms with E-state index in [2.05, 4.69) is 9.97 Å². The Bertz CT molecular complexity index is 424. The molecule has 0 aliphatic heterocycles. The molecular weight excluding hydrogens is 244 g/mol. The van der Waals surface area contributed by atoms with Crippen LogP contribution < -0.4 is 0 Å². The van der Waals surface area contributed by atoms with Crippen molar-refractivity contribution in [2.24, 2.45) is 0 Å². The largest absolute Gasteiger partial charge is 0.390 e. The number of aromatic nitrogens is 2. The quantitative estimate of drug-likeness (QED) is 0.891. The van der Waals surface area contributed by atoms with Gasteiger partial charge < -0.3 is 5.11 Å². The van der Waals surface area contributed by atoms with Gasteiger partial charge in [-0.2, -0.15) is 0 Å². The Balaban J connectivity index is 0.000000659. The van der Waals surface area contributed by atoms with Crippen LogP contribution in [0.2, 0.25) is 0 Å². The van der Waals surface area contributed by atoms with Crippen LogP contribution in [0.25, 0.3) is 11.3 Å². The monoisotopic (exact) mass is 266 g/mol. The van der Waals surface area contributed by atoms with Gasteiger partial charge in [-0.05, 0) is 19.1 Å². The van der Waals surface area contributed by atoms with E-state index >= 15 is 0 Å². The molecule has 0 unspecified atom stereocenters. The summed E-state index contributed by atoms with van der Waals surface area (Å²) in [5.74, 6) is 0. The van der Waals surface area contributed by atoms with Gasteiger partial charge in [-0.3, -0.25) is 4.98 Å². The molecule has 0 radical (unpaired) electrons. The molecule has 0 fully saturated rings. The molecule has 1 N–H and O–H groups in total. The highest BCUT2D eigenvalue weighted by Gasteiger charge is 2.02. The predicted molar refractivity (Wildman–Crippen MR) is 78.7 cm³/mol. The van der Waals surface area contributed by atoms with Gasteiger partial charge in [0.25, 0.3) is 0 Å². The first kappa shape index (κ1) is 16.7. The van der Waals surface area contributed by atoms with E-state index in [0.29, 0.717) is 5.69 Å². The number of aliphatic hydroxyl groups excluding tert-OH is 1. The number of pyridine rings is 1. The molecule has 2 rings (SSSR count). The Kier molecular flexibility index (Phi) is 9.06. The average Bonchev–Trinajstić information content (AvgIpc) is 2.90. The lowest BCUT2D eigenvalue weighted by molar-refractivity contribution is 0.277. The van der Waals surface area contributed by atoms with Gasteiger partial charge in [0.15, 0.2) is 0 Å². The van der Waals surface area contributed by atoms with Crippen LogP contribution in [0.5, 0.6) is 0 Å². The molecule has 0 atom stereocenters. The number of aryl methyl sites for hydroxylation is 1. The molecule has 0 aliphatic rings. The Morgan fingerprint density at radius 2 is 1.83 bits per heavy atom. The number of nitrogens with zero attached hydrogens (tertiary/aromatic N) is 2. The van der Waals surface area contributed by atoms with E-state index in [1.807, 2.05) is 52.1 Å². The first-order valence-corrected chi connectivity index (χ1v) is 7.16. The average molecular weight is 266 g/mol. The van der Waals surface area contributed by atoms with Crippen LogP contribution in [-0.4, -0.2) is 15.1 Å². The van der Waals surface area contributed by atoms with Crippen LogP contribution in [0.1, 0.15) is 38.4 Å². The van der Waals surface area contributed by atoms with Crippen molar-refractivity contribution in [3.8, 4) is 11.3 Å². The summed E-state index contributed by atoms with van der Waals surface area (Å²) >= 11 is 1.62. The summed E-state index contributed by atoms with van der Waals surface area (Å²) in [6, 6.07) is 3.73. The first-order chi connectivity index (χ1) is 8.79. The fourth-order valence-corrected chi connectivity index (χ4v) is 1.79. The number of hydrogen-bond acceptors (Lipinski definition) is 4. The molecule has 0 aromatic carbocycles. The highest BCUT2D eigenvalue weighted by Crippen LogP contribution is 2.20. The maximum Gasteiger partial charge on any atom is 0.0901 e. The standard InChI is InChI=1S/C10H10N2OS.2C2H6/c1-7-12-10(6-14-7)8-2-3-9(5-13)11-4-8;2*1-2/h2-4,6,13H,5H2,1H3;2*1-2H3. The molecule has 2 aromatic rings. The van der Waals surface area contributed by atoms with E-state index < -0.39 is 0 Å². The fraction of sp³-hybridized carbons (Fsp3) is 0.429. The minimum atomic E-state index is -0.0175. The topological polar surface area (TPSA) is 46.0 Å². The second-order valence-corrected chi connectivity index (χ2v) is 4.01. The van der Waals surface area contributed by atoms with E-state index in [9.17, 15) is 0 Å². The molecule has 0 spiro atoms. The molecule has 0 aliphatic carbocycles. The van der Waals surface area contributed by atoms with E-state index in [-0.39, 0.29) is 6.61 Å². The highest BCUT2D eigenvalue weighted by atomic mass is 32.1. The summed E-state index contributed by atoms with van der Waals surface area (Å²) in [6.45, 7) is 9.96. The number of thiazole rings is 1. The zero-order valence-electron chi connectivity index (χ0n) is 11.8. The predicted octanol–water partition coefficient (Wildman–Crippen LogP) is 4.06. The molecule has 0 bridgehead atoms. The van der Waals surface area contributed by atoms with Crippen LogP contribution in [0, 0.1) is 6.92 Å². The zero-order chi connectivity index (χ0) is 14.0. The van der Waals surface area contributed by atoms with Gasteiger partial charge in [-0.15, -0.1) is 11.3 Å². The van der Waals surface area contributed by atoms with Crippen molar-refractivity contribution in [1.82, 2.24) is 9.97 Å². The van der Waals surface area contributed by atoms with Crippen molar-refractivity contribution in [2.45, 2.75) is 41.2 Å². The van der Waals surface area contributed by atoms with Crippen LogP contribution in [-0.2, 0) is 6.61 Å². The lowest BCUT2D eigenvalue weighted by Crippen LogP contribution is -1.88. The van der Waals surface area contributed by atoms with E-state index in [4.69, 9.17) is 5.11 Å². The molecule has 4 heteroatoms. The highest BCUT2D eigenvalue weighted by molar-refractivity contribution is 7.09.